The molecule has 0 radical (unpaired) electrons. The second-order valence-corrected chi connectivity index (χ2v) is 4.25. The summed E-state index contributed by atoms with van der Waals surface area (Å²) in [6.07, 6.45) is 3.82. The third-order valence-corrected chi connectivity index (χ3v) is 2.93. The Morgan fingerprint density at radius 1 is 1.38 bits per heavy atom. The normalized spacial score (nSPS) is 11.1. The molecule has 2 aromatic rings. The minimum Gasteiger partial charge on any atom is -0.282 e. The zero-order valence-corrected chi connectivity index (χ0v) is 10.1. The number of rotatable bonds is 3. The van der Waals surface area contributed by atoms with E-state index in [1.807, 2.05) is 37.4 Å². The molecule has 2 rings (SSSR count). The Balaban J connectivity index is 2.23. The zero-order chi connectivity index (χ0) is 11.4. The van der Waals surface area contributed by atoms with Crippen LogP contribution in [0.3, 0.4) is 0 Å². The second kappa shape index (κ2) is 4.99. The SMILES string of the molecule is CSc1ccccc1N=Cc1cc(C)[nH]n1. The highest BCUT2D eigenvalue weighted by atomic mass is 32.2. The molecule has 0 saturated heterocycles. The van der Waals surface area contributed by atoms with E-state index < -0.39 is 0 Å². The number of para-hydroxylation sites is 1. The minimum atomic E-state index is 0.855. The van der Waals surface area contributed by atoms with Crippen molar-refractivity contribution in [2.24, 2.45) is 4.99 Å². The molecule has 0 amide bonds. The Bertz CT molecular complexity index is 502. The number of thioether (sulfide) groups is 1. The van der Waals surface area contributed by atoms with Crippen molar-refractivity contribution in [3.63, 3.8) is 0 Å². The number of aromatic nitrogens is 2. The van der Waals surface area contributed by atoms with Crippen LogP contribution >= 0.6 is 11.8 Å². The van der Waals surface area contributed by atoms with Crippen molar-refractivity contribution in [2.45, 2.75) is 11.8 Å². The van der Waals surface area contributed by atoms with Gasteiger partial charge in [0.1, 0.15) is 5.69 Å². The highest BCUT2D eigenvalue weighted by molar-refractivity contribution is 7.98. The maximum absolute atomic E-state index is 4.43. The lowest BCUT2D eigenvalue weighted by atomic mass is 10.3. The van der Waals surface area contributed by atoms with Crippen molar-refractivity contribution in [3.8, 4) is 0 Å². The molecule has 1 heterocycles. The largest absolute Gasteiger partial charge is 0.282 e. The van der Waals surface area contributed by atoms with E-state index in [-0.39, 0.29) is 0 Å². The van der Waals surface area contributed by atoms with Gasteiger partial charge in [-0.2, -0.15) is 5.10 Å². The molecule has 0 fully saturated rings. The molecule has 0 saturated carbocycles. The van der Waals surface area contributed by atoms with E-state index in [1.54, 1.807) is 18.0 Å². The molecule has 0 bridgehead atoms. The average Bonchev–Trinajstić information content (AvgIpc) is 2.73. The predicted octanol–water partition coefficient (Wildman–Crippen LogP) is 3.19. The summed E-state index contributed by atoms with van der Waals surface area (Å²) >= 11 is 1.69. The van der Waals surface area contributed by atoms with Gasteiger partial charge in [0.05, 0.1) is 11.9 Å². The van der Waals surface area contributed by atoms with Crippen molar-refractivity contribution in [1.82, 2.24) is 10.2 Å². The van der Waals surface area contributed by atoms with E-state index in [0.29, 0.717) is 0 Å². The van der Waals surface area contributed by atoms with E-state index in [2.05, 4.69) is 21.3 Å². The maximum atomic E-state index is 4.43. The van der Waals surface area contributed by atoms with Crippen LogP contribution in [0.1, 0.15) is 11.4 Å². The molecule has 1 aromatic heterocycles. The van der Waals surface area contributed by atoms with Gasteiger partial charge in [-0.05, 0) is 31.4 Å². The zero-order valence-electron chi connectivity index (χ0n) is 9.27. The van der Waals surface area contributed by atoms with Crippen LogP contribution in [0.4, 0.5) is 5.69 Å². The molecular formula is C12H13N3S. The minimum absolute atomic E-state index is 0.855. The molecule has 0 aliphatic heterocycles. The summed E-state index contributed by atoms with van der Waals surface area (Å²) < 4.78 is 0. The van der Waals surface area contributed by atoms with Crippen molar-refractivity contribution in [2.75, 3.05) is 6.26 Å². The first-order chi connectivity index (χ1) is 7.79. The lowest BCUT2D eigenvalue weighted by molar-refractivity contribution is 1.04. The van der Waals surface area contributed by atoms with Gasteiger partial charge in [-0.25, -0.2) is 0 Å². The maximum Gasteiger partial charge on any atom is 0.103 e. The smallest absolute Gasteiger partial charge is 0.103 e. The first-order valence-electron chi connectivity index (χ1n) is 4.98. The molecule has 82 valence electrons. The van der Waals surface area contributed by atoms with E-state index >= 15 is 0 Å². The van der Waals surface area contributed by atoms with E-state index in [0.717, 1.165) is 17.1 Å². The van der Waals surface area contributed by atoms with Gasteiger partial charge in [0.2, 0.25) is 0 Å². The van der Waals surface area contributed by atoms with Gasteiger partial charge in [0.25, 0.3) is 0 Å². The van der Waals surface area contributed by atoms with Crippen LogP contribution in [0.25, 0.3) is 0 Å². The van der Waals surface area contributed by atoms with Gasteiger partial charge >= 0.3 is 0 Å². The standard InChI is InChI=1S/C12H13N3S/c1-9-7-10(15-14-9)8-13-11-5-3-4-6-12(11)16-2/h3-8H,1-2H3,(H,14,15). The predicted molar refractivity (Wildman–Crippen MR) is 68.8 cm³/mol. The average molecular weight is 231 g/mol. The summed E-state index contributed by atoms with van der Waals surface area (Å²) in [6, 6.07) is 10.0. The molecule has 1 aromatic carbocycles. The topological polar surface area (TPSA) is 41.0 Å². The van der Waals surface area contributed by atoms with Crippen molar-refractivity contribution in [1.29, 1.82) is 0 Å². The fraction of sp³-hybridized carbons (Fsp3) is 0.167. The van der Waals surface area contributed by atoms with Gasteiger partial charge in [0, 0.05) is 10.6 Å². The molecule has 0 unspecified atom stereocenters. The lowest BCUT2D eigenvalue weighted by Gasteiger charge is -1.99. The van der Waals surface area contributed by atoms with E-state index in [9.17, 15) is 0 Å². The highest BCUT2D eigenvalue weighted by Gasteiger charge is 1.98. The lowest BCUT2D eigenvalue weighted by Crippen LogP contribution is -1.80. The number of aryl methyl sites for hydroxylation is 1. The molecule has 1 N–H and O–H groups in total. The Morgan fingerprint density at radius 3 is 2.88 bits per heavy atom. The van der Waals surface area contributed by atoms with Crippen molar-refractivity contribution >= 4 is 23.7 Å². The number of hydrogen-bond acceptors (Lipinski definition) is 3. The fourth-order valence-corrected chi connectivity index (χ4v) is 1.92. The molecule has 0 spiro atoms. The summed E-state index contributed by atoms with van der Waals surface area (Å²) in [4.78, 5) is 5.60. The van der Waals surface area contributed by atoms with Gasteiger partial charge in [-0.1, -0.05) is 12.1 Å². The van der Waals surface area contributed by atoms with Gasteiger partial charge in [-0.3, -0.25) is 10.1 Å². The number of aromatic amines is 1. The number of aliphatic imine (C=N–C) groups is 1. The molecule has 16 heavy (non-hydrogen) atoms. The Hall–Kier alpha value is -1.55. The molecule has 0 aliphatic rings. The summed E-state index contributed by atoms with van der Waals surface area (Å²) in [5, 5.41) is 6.99. The summed E-state index contributed by atoms with van der Waals surface area (Å²) in [6.45, 7) is 1.97. The van der Waals surface area contributed by atoms with Gasteiger partial charge in [0.15, 0.2) is 0 Å². The van der Waals surface area contributed by atoms with E-state index in [4.69, 9.17) is 0 Å². The quantitative estimate of drug-likeness (QED) is 0.651. The Labute approximate surface area is 99.0 Å². The number of hydrogen-bond donors (Lipinski definition) is 1. The molecule has 0 aliphatic carbocycles. The fourth-order valence-electron chi connectivity index (χ4n) is 1.38. The molecule has 0 atom stereocenters. The number of nitrogens with zero attached hydrogens (tertiary/aromatic N) is 2. The first-order valence-corrected chi connectivity index (χ1v) is 6.21. The molecule has 3 nitrogen and oxygen atoms in total. The number of nitrogens with one attached hydrogen (secondary N) is 1. The van der Waals surface area contributed by atoms with Crippen molar-refractivity contribution < 1.29 is 0 Å². The Kier molecular flexibility index (Phi) is 3.41. The van der Waals surface area contributed by atoms with E-state index in [1.165, 1.54) is 4.90 Å². The van der Waals surface area contributed by atoms with Crippen LogP contribution in [-0.2, 0) is 0 Å². The molecular weight excluding hydrogens is 218 g/mol. The van der Waals surface area contributed by atoms with Crippen LogP contribution in [0.5, 0.6) is 0 Å². The second-order valence-electron chi connectivity index (χ2n) is 3.41. The van der Waals surface area contributed by atoms with Crippen LogP contribution in [0, 0.1) is 6.92 Å². The summed E-state index contributed by atoms with van der Waals surface area (Å²) in [5.74, 6) is 0. The van der Waals surface area contributed by atoms with Gasteiger partial charge in [-0.15, -0.1) is 11.8 Å². The third-order valence-electron chi connectivity index (χ3n) is 2.15. The van der Waals surface area contributed by atoms with Crippen LogP contribution in [0.2, 0.25) is 0 Å². The van der Waals surface area contributed by atoms with Crippen LogP contribution < -0.4 is 0 Å². The molecule has 4 heteroatoms. The third kappa shape index (κ3) is 2.52. The number of H-pyrrole nitrogens is 1. The Morgan fingerprint density at radius 2 is 2.19 bits per heavy atom. The first kappa shape index (κ1) is 11.0. The summed E-state index contributed by atoms with van der Waals surface area (Å²) in [5.41, 5.74) is 2.88. The monoisotopic (exact) mass is 231 g/mol. The van der Waals surface area contributed by atoms with Gasteiger partial charge < -0.3 is 0 Å². The summed E-state index contributed by atoms with van der Waals surface area (Å²) in [7, 11) is 0. The van der Waals surface area contributed by atoms with Crippen molar-refractivity contribution in [3.05, 3.63) is 41.7 Å². The van der Waals surface area contributed by atoms with Crippen LogP contribution in [0.15, 0.2) is 40.2 Å². The highest BCUT2D eigenvalue weighted by Crippen LogP contribution is 2.26. The van der Waals surface area contributed by atoms with Crippen LogP contribution in [-0.4, -0.2) is 22.7 Å². The number of benzene rings is 1.